The van der Waals surface area contributed by atoms with Crippen LogP contribution >= 0.6 is 22.7 Å². The number of thiazole rings is 2. The summed E-state index contributed by atoms with van der Waals surface area (Å²) in [6.07, 6.45) is 0. The van der Waals surface area contributed by atoms with Crippen LogP contribution in [0.2, 0.25) is 0 Å². The molecule has 0 N–H and O–H groups in total. The van der Waals surface area contributed by atoms with Gasteiger partial charge in [-0.3, -0.25) is 0 Å². The molecule has 248 valence electrons. The van der Waals surface area contributed by atoms with Crippen molar-refractivity contribution in [3.63, 3.8) is 0 Å². The van der Waals surface area contributed by atoms with Crippen LogP contribution in [0.25, 0.3) is 102 Å². The molecule has 0 spiro atoms. The molecular formula is C48H29N3S2. The molecule has 11 aromatic rings. The Balaban J connectivity index is 1.08. The molecule has 3 nitrogen and oxygen atoms in total. The van der Waals surface area contributed by atoms with E-state index >= 15 is 0 Å². The number of rotatable bonds is 5. The third kappa shape index (κ3) is 5.01. The summed E-state index contributed by atoms with van der Waals surface area (Å²) in [7, 11) is 0. The zero-order valence-electron chi connectivity index (χ0n) is 28.4. The van der Waals surface area contributed by atoms with Gasteiger partial charge in [0.15, 0.2) is 0 Å². The first-order valence-electron chi connectivity index (χ1n) is 17.7. The van der Waals surface area contributed by atoms with Gasteiger partial charge in [0, 0.05) is 33.0 Å². The van der Waals surface area contributed by atoms with Crippen LogP contribution in [0.4, 0.5) is 0 Å². The molecule has 3 heterocycles. The minimum absolute atomic E-state index is 1.05. The highest BCUT2D eigenvalue weighted by Crippen LogP contribution is 2.43. The number of fused-ring (bicyclic) bond motifs is 7. The van der Waals surface area contributed by atoms with Crippen molar-refractivity contribution in [2.75, 3.05) is 0 Å². The van der Waals surface area contributed by atoms with Gasteiger partial charge in [-0.2, -0.15) is 0 Å². The van der Waals surface area contributed by atoms with E-state index in [1.807, 2.05) is 6.07 Å². The minimum atomic E-state index is 1.05. The normalized spacial score (nSPS) is 11.8. The van der Waals surface area contributed by atoms with Crippen molar-refractivity contribution in [1.29, 1.82) is 0 Å². The molecule has 0 bridgehead atoms. The van der Waals surface area contributed by atoms with Crippen molar-refractivity contribution >= 4 is 75.7 Å². The van der Waals surface area contributed by atoms with E-state index in [-0.39, 0.29) is 0 Å². The number of aromatic nitrogens is 3. The summed E-state index contributed by atoms with van der Waals surface area (Å²) >= 11 is 3.48. The molecule has 0 aliphatic carbocycles. The lowest BCUT2D eigenvalue weighted by Crippen LogP contribution is -1.94. The van der Waals surface area contributed by atoms with Crippen LogP contribution in [-0.4, -0.2) is 14.5 Å². The van der Waals surface area contributed by atoms with Crippen LogP contribution in [0.5, 0.6) is 0 Å². The van der Waals surface area contributed by atoms with Crippen molar-refractivity contribution in [3.05, 3.63) is 176 Å². The Kier molecular flexibility index (Phi) is 6.90. The van der Waals surface area contributed by atoms with Crippen LogP contribution in [0, 0.1) is 0 Å². The van der Waals surface area contributed by atoms with E-state index in [1.165, 1.54) is 64.2 Å². The molecule has 0 unspecified atom stereocenters. The molecule has 0 amide bonds. The van der Waals surface area contributed by atoms with E-state index in [2.05, 4.69) is 174 Å². The Hall–Kier alpha value is -6.40. The second kappa shape index (κ2) is 12.1. The summed E-state index contributed by atoms with van der Waals surface area (Å²) in [6, 6.07) is 63.4. The summed E-state index contributed by atoms with van der Waals surface area (Å²) in [4.78, 5) is 9.81. The molecule has 0 fully saturated rings. The van der Waals surface area contributed by atoms with Gasteiger partial charge in [-0.05, 0) is 82.2 Å². The maximum absolute atomic E-state index is 4.92. The maximum Gasteiger partial charge on any atom is 0.124 e. The summed E-state index contributed by atoms with van der Waals surface area (Å²) in [6.45, 7) is 0. The molecule has 5 heteroatoms. The zero-order chi connectivity index (χ0) is 34.9. The minimum Gasteiger partial charge on any atom is -0.309 e. The first kappa shape index (κ1) is 30.2. The van der Waals surface area contributed by atoms with E-state index in [0.29, 0.717) is 0 Å². The molecule has 11 rings (SSSR count). The highest BCUT2D eigenvalue weighted by molar-refractivity contribution is 7.22. The fourth-order valence-corrected chi connectivity index (χ4v) is 9.67. The molecule has 0 aliphatic heterocycles. The Morgan fingerprint density at radius 1 is 0.377 bits per heavy atom. The quantitative estimate of drug-likeness (QED) is 0.178. The van der Waals surface area contributed by atoms with E-state index in [4.69, 9.17) is 9.97 Å². The topological polar surface area (TPSA) is 30.7 Å². The van der Waals surface area contributed by atoms with Gasteiger partial charge in [-0.1, -0.05) is 121 Å². The van der Waals surface area contributed by atoms with Crippen LogP contribution < -0.4 is 0 Å². The second-order valence-corrected chi connectivity index (χ2v) is 15.5. The molecule has 8 aromatic carbocycles. The van der Waals surface area contributed by atoms with Crippen LogP contribution in [-0.2, 0) is 0 Å². The Morgan fingerprint density at radius 3 is 1.55 bits per heavy atom. The molecular weight excluding hydrogens is 683 g/mol. The average Bonchev–Trinajstić information content (AvgIpc) is 3.95. The Labute approximate surface area is 313 Å². The lowest BCUT2D eigenvalue weighted by atomic mass is 9.94. The SMILES string of the molecule is c1ccc(-n2c3ccc(-c4ccc(-c5nc6ccccc6s5)cc4)cc3c3cc(-c4ccc(-c5nc6ccccc6s5)cc4)c4ccccc4c32)cc1. The number of hydrogen-bond acceptors (Lipinski definition) is 4. The van der Waals surface area contributed by atoms with E-state index in [9.17, 15) is 0 Å². The number of hydrogen-bond donors (Lipinski definition) is 0. The molecule has 0 aliphatic rings. The van der Waals surface area contributed by atoms with Gasteiger partial charge in [0.05, 0.1) is 31.5 Å². The number of benzene rings is 8. The fraction of sp³-hybridized carbons (Fsp3) is 0. The molecule has 0 saturated heterocycles. The smallest absolute Gasteiger partial charge is 0.124 e. The summed E-state index contributed by atoms with van der Waals surface area (Å²) in [5.74, 6) is 0. The second-order valence-electron chi connectivity index (χ2n) is 13.4. The monoisotopic (exact) mass is 711 g/mol. The lowest BCUT2D eigenvalue weighted by molar-refractivity contribution is 1.19. The number of nitrogens with zero attached hydrogens (tertiary/aromatic N) is 3. The largest absolute Gasteiger partial charge is 0.309 e. The van der Waals surface area contributed by atoms with E-state index in [0.717, 1.165) is 37.9 Å². The predicted molar refractivity (Wildman–Crippen MR) is 226 cm³/mol. The summed E-state index contributed by atoms with van der Waals surface area (Å²) < 4.78 is 4.86. The van der Waals surface area contributed by atoms with Crippen molar-refractivity contribution < 1.29 is 0 Å². The van der Waals surface area contributed by atoms with E-state index < -0.39 is 0 Å². The highest BCUT2D eigenvalue weighted by atomic mass is 32.1. The third-order valence-electron chi connectivity index (χ3n) is 10.3. The molecule has 0 radical (unpaired) electrons. The van der Waals surface area contributed by atoms with Gasteiger partial charge in [-0.25, -0.2) is 9.97 Å². The van der Waals surface area contributed by atoms with Crippen molar-refractivity contribution in [2.45, 2.75) is 0 Å². The number of para-hydroxylation sites is 3. The zero-order valence-corrected chi connectivity index (χ0v) is 30.0. The highest BCUT2D eigenvalue weighted by Gasteiger charge is 2.19. The molecule has 0 saturated carbocycles. The van der Waals surface area contributed by atoms with Crippen LogP contribution in [0.15, 0.2) is 176 Å². The van der Waals surface area contributed by atoms with Crippen LogP contribution in [0.1, 0.15) is 0 Å². The van der Waals surface area contributed by atoms with Crippen molar-refractivity contribution in [3.8, 4) is 49.1 Å². The summed E-state index contributed by atoms with van der Waals surface area (Å²) in [5, 5.41) is 7.03. The van der Waals surface area contributed by atoms with Gasteiger partial charge in [0.25, 0.3) is 0 Å². The predicted octanol–water partition coefficient (Wildman–Crippen LogP) is 13.8. The maximum atomic E-state index is 4.92. The first-order chi connectivity index (χ1) is 26.2. The van der Waals surface area contributed by atoms with E-state index in [1.54, 1.807) is 22.7 Å². The molecule has 0 atom stereocenters. The standard InChI is InChI=1S/C48H29N3S2/c1-2-10-35(11-3-1)51-43-27-26-34(30-18-22-32(23-19-30)47-49-41-14-6-8-16-44(41)52-47)28-39(43)40-29-38(36-12-4-5-13-37(36)46(40)51)31-20-24-33(25-21-31)48-50-42-15-7-9-17-45(42)53-48/h1-29H. The summed E-state index contributed by atoms with van der Waals surface area (Å²) in [5.41, 5.74) is 12.7. The van der Waals surface area contributed by atoms with Gasteiger partial charge >= 0.3 is 0 Å². The van der Waals surface area contributed by atoms with Crippen molar-refractivity contribution in [2.24, 2.45) is 0 Å². The average molecular weight is 712 g/mol. The van der Waals surface area contributed by atoms with Gasteiger partial charge in [-0.15, -0.1) is 22.7 Å². The van der Waals surface area contributed by atoms with Gasteiger partial charge in [0.2, 0.25) is 0 Å². The fourth-order valence-electron chi connectivity index (χ4n) is 7.73. The third-order valence-corrected chi connectivity index (χ3v) is 12.4. The lowest BCUT2D eigenvalue weighted by Gasteiger charge is -2.13. The molecule has 3 aromatic heterocycles. The Morgan fingerprint density at radius 2 is 0.906 bits per heavy atom. The van der Waals surface area contributed by atoms with Crippen molar-refractivity contribution in [1.82, 2.24) is 14.5 Å². The first-order valence-corrected chi connectivity index (χ1v) is 19.4. The molecule has 53 heavy (non-hydrogen) atoms. The van der Waals surface area contributed by atoms with Gasteiger partial charge < -0.3 is 4.57 Å². The van der Waals surface area contributed by atoms with Crippen LogP contribution in [0.3, 0.4) is 0 Å². The van der Waals surface area contributed by atoms with Gasteiger partial charge in [0.1, 0.15) is 10.0 Å². The Bertz CT molecular complexity index is 3090.